The molecule has 0 unspecified atom stereocenters. The minimum Gasteiger partial charge on any atom is -0.489 e. The Hall–Kier alpha value is -5.58. The Kier molecular flexibility index (Phi) is 12.8. The number of carbonyl (C=O) groups is 4. The van der Waals surface area contributed by atoms with E-state index in [0.717, 1.165) is 5.56 Å². The van der Waals surface area contributed by atoms with Crippen molar-refractivity contribution in [2.45, 2.75) is 65.0 Å². The van der Waals surface area contributed by atoms with Gasteiger partial charge < -0.3 is 25.4 Å². The van der Waals surface area contributed by atoms with Crippen LogP contribution in [0.1, 0.15) is 43.0 Å². The van der Waals surface area contributed by atoms with Crippen LogP contribution < -0.4 is 20.7 Å². The van der Waals surface area contributed by atoms with Crippen molar-refractivity contribution >= 4 is 23.7 Å². The fourth-order valence-electron chi connectivity index (χ4n) is 4.94. The first-order valence-electron chi connectivity index (χ1n) is 16.1. The predicted molar refractivity (Wildman–Crippen MR) is 184 cm³/mol. The molecule has 0 fully saturated rings. The number of alkyl halides is 2. The van der Waals surface area contributed by atoms with Gasteiger partial charge in [0.2, 0.25) is 11.7 Å². The molecule has 0 bridgehead atoms. The number of alkyl carbamates (subject to hydrolysis) is 1. The number of ether oxygens (including phenoxy) is 2. The molecule has 262 valence electrons. The third-order valence-electron chi connectivity index (χ3n) is 7.74. The first-order valence-corrected chi connectivity index (χ1v) is 16.1. The minimum absolute atomic E-state index is 0.0678. The molecule has 0 aliphatic rings. The Morgan fingerprint density at radius 1 is 0.660 bits per heavy atom. The average Bonchev–Trinajstić information content (AvgIpc) is 3.11. The second kappa shape index (κ2) is 17.2. The first-order chi connectivity index (χ1) is 23.8. The van der Waals surface area contributed by atoms with Crippen LogP contribution in [0.3, 0.4) is 0 Å². The summed E-state index contributed by atoms with van der Waals surface area (Å²) in [6, 6.07) is 30.0. The second-order valence-electron chi connectivity index (χ2n) is 12.8. The van der Waals surface area contributed by atoms with Crippen LogP contribution >= 0.6 is 0 Å². The molecule has 0 radical (unpaired) electrons. The Labute approximate surface area is 290 Å². The van der Waals surface area contributed by atoms with Crippen LogP contribution in [-0.2, 0) is 45.3 Å². The zero-order valence-electron chi connectivity index (χ0n) is 28.2. The Bertz CT molecular complexity index is 1710. The number of rotatable bonds is 15. The van der Waals surface area contributed by atoms with E-state index in [2.05, 4.69) is 16.0 Å². The summed E-state index contributed by atoms with van der Waals surface area (Å²) >= 11 is 0. The smallest absolute Gasteiger partial charge is 0.408 e. The van der Waals surface area contributed by atoms with E-state index in [1.807, 2.05) is 36.4 Å². The quantitative estimate of drug-likeness (QED) is 0.129. The largest absolute Gasteiger partial charge is 0.489 e. The zero-order chi connectivity index (χ0) is 36.1. The molecule has 0 heterocycles. The molecule has 3 N–H and O–H groups in total. The van der Waals surface area contributed by atoms with Crippen LogP contribution in [-0.4, -0.2) is 41.7 Å². The van der Waals surface area contributed by atoms with Gasteiger partial charge in [0.1, 0.15) is 25.0 Å². The van der Waals surface area contributed by atoms with Gasteiger partial charge >= 0.3 is 12.0 Å². The number of Topliss-reactive ketones (excluding diaryl/α,β-unsaturated/α-hetero) is 1. The Balaban J connectivity index is 1.51. The standard InChI is InChI=1S/C39H41F2N3O6/c1-38(2,3)33(44-37(48)50-26-30-17-11-6-12-18-30)35(46)43-32(34(45)39(40,41)36(47)42-24-28-13-7-4-8-14-28)23-27-19-21-31(22-20-27)49-25-29-15-9-5-10-16-29/h4-22,32-33H,23-26H2,1-3H3,(H,42,47)(H,43,46)(H,44,48)/t32-,33+/m0/s1. The first kappa shape index (κ1) is 37.2. The summed E-state index contributed by atoms with van der Waals surface area (Å²) in [6.45, 7) is 4.98. The number of hydrogen-bond acceptors (Lipinski definition) is 6. The van der Waals surface area contributed by atoms with Crippen molar-refractivity contribution in [1.29, 1.82) is 0 Å². The van der Waals surface area contributed by atoms with E-state index in [-0.39, 0.29) is 19.6 Å². The van der Waals surface area contributed by atoms with Crippen molar-refractivity contribution in [3.05, 3.63) is 138 Å². The van der Waals surface area contributed by atoms with Crippen molar-refractivity contribution in [2.75, 3.05) is 0 Å². The van der Waals surface area contributed by atoms with Crippen molar-refractivity contribution < 1.29 is 37.4 Å². The van der Waals surface area contributed by atoms with Gasteiger partial charge in [-0.25, -0.2) is 4.79 Å². The summed E-state index contributed by atoms with van der Waals surface area (Å²) in [7, 11) is 0. The van der Waals surface area contributed by atoms with E-state index in [1.165, 1.54) is 0 Å². The SMILES string of the molecule is CC(C)(C)[C@H](NC(=O)OCc1ccccc1)C(=O)N[C@@H](Cc1ccc(OCc2ccccc2)cc1)C(=O)C(F)(F)C(=O)NCc1ccccc1. The van der Waals surface area contributed by atoms with E-state index < -0.39 is 47.1 Å². The molecule has 50 heavy (non-hydrogen) atoms. The van der Waals surface area contributed by atoms with Gasteiger partial charge in [-0.1, -0.05) is 124 Å². The fourth-order valence-corrected chi connectivity index (χ4v) is 4.94. The topological polar surface area (TPSA) is 123 Å². The molecule has 0 saturated carbocycles. The van der Waals surface area contributed by atoms with Crippen LogP contribution in [0.15, 0.2) is 115 Å². The molecule has 11 heteroatoms. The molecule has 0 aliphatic heterocycles. The lowest BCUT2D eigenvalue weighted by molar-refractivity contribution is -0.160. The van der Waals surface area contributed by atoms with E-state index in [1.54, 1.807) is 99.6 Å². The van der Waals surface area contributed by atoms with Crippen LogP contribution in [0, 0.1) is 5.41 Å². The lowest BCUT2D eigenvalue weighted by Gasteiger charge is -2.32. The van der Waals surface area contributed by atoms with Gasteiger partial charge in [-0.05, 0) is 39.8 Å². The van der Waals surface area contributed by atoms with E-state index >= 15 is 8.78 Å². The van der Waals surface area contributed by atoms with Gasteiger partial charge in [0, 0.05) is 13.0 Å². The van der Waals surface area contributed by atoms with Crippen molar-refractivity contribution in [2.24, 2.45) is 5.41 Å². The molecule has 4 aromatic rings. The summed E-state index contributed by atoms with van der Waals surface area (Å²) in [5, 5.41) is 7.01. The highest BCUT2D eigenvalue weighted by Crippen LogP contribution is 2.24. The molecule has 2 atom stereocenters. The van der Waals surface area contributed by atoms with E-state index in [4.69, 9.17) is 9.47 Å². The highest BCUT2D eigenvalue weighted by atomic mass is 19.3. The number of halogens is 2. The molecular weight excluding hydrogens is 644 g/mol. The molecule has 4 aromatic carbocycles. The molecular formula is C39H41F2N3O6. The number of ketones is 1. The van der Waals surface area contributed by atoms with Gasteiger partial charge in [-0.2, -0.15) is 8.78 Å². The summed E-state index contributed by atoms with van der Waals surface area (Å²) in [4.78, 5) is 52.6. The average molecular weight is 686 g/mol. The summed E-state index contributed by atoms with van der Waals surface area (Å²) in [6.07, 6.45) is -1.29. The summed E-state index contributed by atoms with van der Waals surface area (Å²) in [5.74, 6) is -8.51. The van der Waals surface area contributed by atoms with Crippen LogP contribution in [0.25, 0.3) is 0 Å². The van der Waals surface area contributed by atoms with E-state index in [0.29, 0.717) is 29.0 Å². The molecule has 0 aliphatic carbocycles. The third kappa shape index (κ3) is 11.0. The fraction of sp³-hybridized carbons (Fsp3) is 0.282. The van der Waals surface area contributed by atoms with Crippen molar-refractivity contribution in [1.82, 2.24) is 16.0 Å². The molecule has 0 aromatic heterocycles. The third-order valence-corrected chi connectivity index (χ3v) is 7.74. The predicted octanol–water partition coefficient (Wildman–Crippen LogP) is 6.15. The normalized spacial score (nSPS) is 12.6. The minimum atomic E-state index is -4.50. The van der Waals surface area contributed by atoms with Crippen LogP contribution in [0.2, 0.25) is 0 Å². The Morgan fingerprint density at radius 2 is 1.18 bits per heavy atom. The zero-order valence-corrected chi connectivity index (χ0v) is 28.2. The molecule has 4 rings (SSSR count). The number of hydrogen-bond donors (Lipinski definition) is 3. The maximum absolute atomic E-state index is 15.5. The van der Waals surface area contributed by atoms with Crippen LogP contribution in [0.5, 0.6) is 5.75 Å². The lowest BCUT2D eigenvalue weighted by atomic mass is 9.85. The monoisotopic (exact) mass is 685 g/mol. The molecule has 0 saturated heterocycles. The maximum Gasteiger partial charge on any atom is 0.408 e. The molecule has 3 amide bonds. The lowest BCUT2D eigenvalue weighted by Crippen LogP contribution is -2.60. The van der Waals surface area contributed by atoms with Gasteiger partial charge in [0.15, 0.2) is 0 Å². The van der Waals surface area contributed by atoms with Gasteiger partial charge in [-0.15, -0.1) is 0 Å². The highest BCUT2D eigenvalue weighted by Gasteiger charge is 2.51. The number of amides is 3. The highest BCUT2D eigenvalue weighted by molar-refractivity contribution is 6.10. The van der Waals surface area contributed by atoms with Crippen molar-refractivity contribution in [3.63, 3.8) is 0 Å². The number of benzene rings is 4. The van der Waals surface area contributed by atoms with Crippen molar-refractivity contribution in [3.8, 4) is 5.75 Å². The van der Waals surface area contributed by atoms with E-state index in [9.17, 15) is 19.2 Å². The molecule has 9 nitrogen and oxygen atoms in total. The Morgan fingerprint density at radius 3 is 1.72 bits per heavy atom. The van der Waals surface area contributed by atoms with Gasteiger partial charge in [0.25, 0.3) is 5.91 Å². The number of nitrogens with one attached hydrogen (secondary N) is 3. The van der Waals surface area contributed by atoms with Gasteiger partial charge in [-0.3, -0.25) is 14.4 Å². The maximum atomic E-state index is 15.5. The second-order valence-corrected chi connectivity index (χ2v) is 12.8. The summed E-state index contributed by atoms with van der Waals surface area (Å²) < 4.78 is 42.1. The van der Waals surface area contributed by atoms with Gasteiger partial charge in [0.05, 0.1) is 6.04 Å². The number of carbonyl (C=O) groups excluding carboxylic acids is 4. The molecule has 0 spiro atoms. The van der Waals surface area contributed by atoms with Crippen LogP contribution in [0.4, 0.5) is 13.6 Å². The summed E-state index contributed by atoms with van der Waals surface area (Å²) in [5.41, 5.74) is 1.70.